The van der Waals surface area contributed by atoms with Crippen molar-refractivity contribution in [3.8, 4) is 5.75 Å². The molecule has 0 aromatic heterocycles. The minimum absolute atomic E-state index is 0.00563. The summed E-state index contributed by atoms with van der Waals surface area (Å²) in [7, 11) is 0. The maximum atomic E-state index is 12.3. The minimum Gasteiger partial charge on any atom is -0.483 e. The fourth-order valence-electron chi connectivity index (χ4n) is 3.42. The van der Waals surface area contributed by atoms with Crippen LogP contribution in [0.15, 0.2) is 30.3 Å². The van der Waals surface area contributed by atoms with Crippen LogP contribution >= 0.6 is 0 Å². The summed E-state index contributed by atoms with van der Waals surface area (Å²) in [4.78, 5) is 23.7. The number of carbonyl (C=O) groups is 2. The molecule has 0 saturated heterocycles. The zero-order valence-corrected chi connectivity index (χ0v) is 15.6. The molecule has 3 rings (SSSR count). The van der Waals surface area contributed by atoms with E-state index in [1.165, 1.54) is 5.56 Å². The third kappa shape index (κ3) is 3.87. The molecule has 2 aromatic rings. The number of hydrogen-bond donors (Lipinski definition) is 2. The van der Waals surface area contributed by atoms with E-state index in [-0.39, 0.29) is 24.5 Å². The van der Waals surface area contributed by atoms with Gasteiger partial charge in [-0.1, -0.05) is 29.8 Å². The van der Waals surface area contributed by atoms with E-state index in [9.17, 15) is 9.59 Å². The standard InChI is InChI=1S/C21H24N2O3/c1-12-7-13(2)21(14(3)8-12)26-11-20(25)22-15(4)16-5-6-18-17(9-16)10-19(24)23-18/h5-9,15H,10-11H2,1-4H3,(H,22,25)(H,23,24)/t15-/m1/s1. The van der Waals surface area contributed by atoms with Gasteiger partial charge in [-0.25, -0.2) is 0 Å². The average molecular weight is 352 g/mol. The van der Waals surface area contributed by atoms with E-state index in [2.05, 4.69) is 10.6 Å². The molecule has 5 heteroatoms. The molecule has 1 heterocycles. The van der Waals surface area contributed by atoms with Crippen molar-refractivity contribution in [2.24, 2.45) is 0 Å². The van der Waals surface area contributed by atoms with E-state index in [0.717, 1.165) is 33.7 Å². The molecule has 2 amide bonds. The lowest BCUT2D eigenvalue weighted by Crippen LogP contribution is -2.31. The first-order valence-electron chi connectivity index (χ1n) is 8.76. The molecule has 0 bridgehead atoms. The van der Waals surface area contributed by atoms with E-state index in [1.54, 1.807) is 0 Å². The molecule has 2 N–H and O–H groups in total. The molecule has 2 aromatic carbocycles. The molecular weight excluding hydrogens is 328 g/mol. The third-order valence-electron chi connectivity index (χ3n) is 4.58. The van der Waals surface area contributed by atoms with Gasteiger partial charge in [-0.05, 0) is 56.0 Å². The van der Waals surface area contributed by atoms with Crippen molar-refractivity contribution in [1.29, 1.82) is 0 Å². The van der Waals surface area contributed by atoms with E-state index >= 15 is 0 Å². The highest BCUT2D eigenvalue weighted by molar-refractivity contribution is 5.99. The van der Waals surface area contributed by atoms with Gasteiger partial charge in [0.2, 0.25) is 5.91 Å². The molecule has 0 aliphatic carbocycles. The molecule has 136 valence electrons. The quantitative estimate of drug-likeness (QED) is 0.867. The van der Waals surface area contributed by atoms with Crippen LogP contribution in [0.25, 0.3) is 0 Å². The number of aryl methyl sites for hydroxylation is 3. The molecule has 1 aliphatic rings. The predicted octanol–water partition coefficient (Wildman–Crippen LogP) is 3.36. The number of benzene rings is 2. The first-order valence-corrected chi connectivity index (χ1v) is 8.76. The number of amides is 2. The lowest BCUT2D eigenvalue weighted by Gasteiger charge is -2.17. The van der Waals surface area contributed by atoms with E-state index in [4.69, 9.17) is 4.74 Å². The Morgan fingerprint density at radius 3 is 2.58 bits per heavy atom. The number of anilines is 1. The number of fused-ring (bicyclic) bond motifs is 1. The van der Waals surface area contributed by atoms with Crippen LogP contribution in [-0.4, -0.2) is 18.4 Å². The molecule has 1 atom stereocenters. The van der Waals surface area contributed by atoms with Crippen molar-refractivity contribution in [1.82, 2.24) is 5.32 Å². The van der Waals surface area contributed by atoms with Gasteiger partial charge in [0, 0.05) is 5.69 Å². The van der Waals surface area contributed by atoms with Gasteiger partial charge in [-0.3, -0.25) is 9.59 Å². The van der Waals surface area contributed by atoms with Crippen LogP contribution in [0.2, 0.25) is 0 Å². The Morgan fingerprint density at radius 1 is 1.19 bits per heavy atom. The molecule has 0 saturated carbocycles. The number of ether oxygens (including phenoxy) is 1. The first-order chi connectivity index (χ1) is 12.3. The maximum absolute atomic E-state index is 12.3. The highest BCUT2D eigenvalue weighted by Gasteiger charge is 2.19. The van der Waals surface area contributed by atoms with Crippen LogP contribution < -0.4 is 15.4 Å². The topological polar surface area (TPSA) is 67.4 Å². The van der Waals surface area contributed by atoms with Crippen LogP contribution in [0.3, 0.4) is 0 Å². The minimum atomic E-state index is -0.174. The van der Waals surface area contributed by atoms with Gasteiger partial charge >= 0.3 is 0 Å². The summed E-state index contributed by atoms with van der Waals surface area (Å²) in [5, 5.41) is 5.76. The Hall–Kier alpha value is -2.82. The number of carbonyl (C=O) groups excluding carboxylic acids is 2. The Labute approximate surface area is 153 Å². The van der Waals surface area contributed by atoms with E-state index in [1.807, 2.05) is 58.0 Å². The van der Waals surface area contributed by atoms with Crippen LogP contribution in [0.1, 0.15) is 40.8 Å². The van der Waals surface area contributed by atoms with Crippen molar-refractivity contribution < 1.29 is 14.3 Å². The van der Waals surface area contributed by atoms with Crippen LogP contribution in [0.4, 0.5) is 5.69 Å². The lowest BCUT2D eigenvalue weighted by atomic mass is 10.0. The monoisotopic (exact) mass is 352 g/mol. The predicted molar refractivity (Wildman–Crippen MR) is 101 cm³/mol. The molecular formula is C21H24N2O3. The highest BCUT2D eigenvalue weighted by atomic mass is 16.5. The number of rotatable bonds is 5. The van der Waals surface area contributed by atoms with Crippen molar-refractivity contribution >= 4 is 17.5 Å². The van der Waals surface area contributed by atoms with Crippen molar-refractivity contribution in [2.45, 2.75) is 40.2 Å². The summed E-state index contributed by atoms with van der Waals surface area (Å²) in [6.07, 6.45) is 0.388. The van der Waals surface area contributed by atoms with Crippen molar-refractivity contribution in [3.05, 3.63) is 58.1 Å². The normalized spacial score (nSPS) is 13.8. The second-order valence-electron chi connectivity index (χ2n) is 6.95. The Balaban J connectivity index is 1.60. The average Bonchev–Trinajstić information content (AvgIpc) is 2.92. The molecule has 0 unspecified atom stereocenters. The van der Waals surface area contributed by atoms with Gasteiger partial charge in [-0.2, -0.15) is 0 Å². The fourth-order valence-corrected chi connectivity index (χ4v) is 3.42. The van der Waals surface area contributed by atoms with Gasteiger partial charge in [-0.15, -0.1) is 0 Å². The number of hydrogen-bond acceptors (Lipinski definition) is 3. The Morgan fingerprint density at radius 2 is 1.88 bits per heavy atom. The molecule has 26 heavy (non-hydrogen) atoms. The van der Waals surface area contributed by atoms with Crippen LogP contribution in [0.5, 0.6) is 5.75 Å². The van der Waals surface area contributed by atoms with Gasteiger partial charge in [0.1, 0.15) is 5.75 Å². The zero-order valence-electron chi connectivity index (χ0n) is 15.6. The molecule has 0 spiro atoms. The van der Waals surface area contributed by atoms with Crippen LogP contribution in [0, 0.1) is 20.8 Å². The summed E-state index contributed by atoms with van der Waals surface area (Å²) < 4.78 is 5.74. The summed E-state index contributed by atoms with van der Waals surface area (Å²) in [5.74, 6) is 0.596. The third-order valence-corrected chi connectivity index (χ3v) is 4.58. The number of nitrogens with one attached hydrogen (secondary N) is 2. The SMILES string of the molecule is Cc1cc(C)c(OCC(=O)N[C@H](C)c2ccc3c(c2)CC(=O)N3)c(C)c1. The largest absolute Gasteiger partial charge is 0.483 e. The molecule has 1 aliphatic heterocycles. The Kier molecular flexibility index (Phi) is 4.98. The smallest absolute Gasteiger partial charge is 0.258 e. The second-order valence-corrected chi connectivity index (χ2v) is 6.95. The van der Waals surface area contributed by atoms with E-state index in [0.29, 0.717) is 6.42 Å². The summed E-state index contributed by atoms with van der Waals surface area (Å²) >= 11 is 0. The highest BCUT2D eigenvalue weighted by Crippen LogP contribution is 2.27. The molecule has 0 fully saturated rings. The van der Waals surface area contributed by atoms with Crippen molar-refractivity contribution in [3.63, 3.8) is 0 Å². The lowest BCUT2D eigenvalue weighted by molar-refractivity contribution is -0.123. The van der Waals surface area contributed by atoms with Crippen molar-refractivity contribution in [2.75, 3.05) is 11.9 Å². The fraction of sp³-hybridized carbons (Fsp3) is 0.333. The molecule has 5 nitrogen and oxygen atoms in total. The summed E-state index contributed by atoms with van der Waals surface area (Å²) in [5.41, 5.74) is 6.02. The van der Waals surface area contributed by atoms with Crippen LogP contribution in [-0.2, 0) is 16.0 Å². The summed E-state index contributed by atoms with van der Waals surface area (Å²) in [6, 6.07) is 9.70. The maximum Gasteiger partial charge on any atom is 0.258 e. The first kappa shape index (κ1) is 18.0. The van der Waals surface area contributed by atoms with Gasteiger partial charge < -0.3 is 15.4 Å². The van der Waals surface area contributed by atoms with E-state index < -0.39 is 0 Å². The summed E-state index contributed by atoms with van der Waals surface area (Å²) in [6.45, 7) is 7.90. The van der Waals surface area contributed by atoms with Gasteiger partial charge in [0.25, 0.3) is 5.91 Å². The zero-order chi connectivity index (χ0) is 18.8. The Bertz CT molecular complexity index is 851. The molecule has 0 radical (unpaired) electrons. The second kappa shape index (κ2) is 7.20. The van der Waals surface area contributed by atoms with Gasteiger partial charge in [0.05, 0.1) is 12.5 Å². The van der Waals surface area contributed by atoms with Gasteiger partial charge in [0.15, 0.2) is 6.61 Å².